The minimum atomic E-state index is 0.758. The predicted octanol–water partition coefficient (Wildman–Crippen LogP) is 1.05. The van der Waals surface area contributed by atoms with Crippen molar-refractivity contribution in [3.8, 4) is 0 Å². The van der Waals surface area contributed by atoms with Gasteiger partial charge in [-0.25, -0.2) is 0 Å². The molecule has 1 aliphatic heterocycles. The van der Waals surface area contributed by atoms with E-state index in [0.29, 0.717) is 0 Å². The van der Waals surface area contributed by atoms with Crippen molar-refractivity contribution in [2.75, 3.05) is 46.9 Å². The molecule has 0 spiro atoms. The van der Waals surface area contributed by atoms with Crippen LogP contribution in [0.5, 0.6) is 0 Å². The van der Waals surface area contributed by atoms with E-state index in [0.717, 1.165) is 25.8 Å². The molecule has 3 nitrogen and oxygen atoms in total. The summed E-state index contributed by atoms with van der Waals surface area (Å²) in [6.45, 7) is 7.66. The summed E-state index contributed by atoms with van der Waals surface area (Å²) in [5.74, 6) is 0. The molecule has 84 valence electrons. The van der Waals surface area contributed by atoms with Crippen LogP contribution in [0.4, 0.5) is 0 Å². The van der Waals surface area contributed by atoms with Crippen LogP contribution in [0.2, 0.25) is 0 Å². The molecule has 14 heavy (non-hydrogen) atoms. The lowest BCUT2D eigenvalue weighted by atomic mass is 10.1. The second-order valence-electron chi connectivity index (χ2n) is 4.28. The Kier molecular flexibility index (Phi) is 5.45. The van der Waals surface area contributed by atoms with Crippen molar-refractivity contribution in [2.24, 2.45) is 0 Å². The van der Waals surface area contributed by atoms with E-state index in [9.17, 15) is 0 Å². The van der Waals surface area contributed by atoms with Crippen LogP contribution in [-0.4, -0.2) is 62.8 Å². The Morgan fingerprint density at radius 1 is 1.14 bits per heavy atom. The highest BCUT2D eigenvalue weighted by Gasteiger charge is 2.19. The van der Waals surface area contributed by atoms with Gasteiger partial charge in [0.25, 0.3) is 0 Å². The molecule has 0 N–H and O–H groups in total. The van der Waals surface area contributed by atoms with E-state index >= 15 is 0 Å². The van der Waals surface area contributed by atoms with Gasteiger partial charge in [0.2, 0.25) is 0 Å². The quantitative estimate of drug-likeness (QED) is 0.660. The molecule has 0 unspecified atom stereocenters. The van der Waals surface area contributed by atoms with Gasteiger partial charge < -0.3 is 9.64 Å². The normalized spacial score (nSPS) is 19.5. The fraction of sp³-hybridized carbons (Fsp3) is 1.00. The van der Waals surface area contributed by atoms with Gasteiger partial charge in [0, 0.05) is 32.3 Å². The van der Waals surface area contributed by atoms with Crippen LogP contribution in [-0.2, 0) is 4.74 Å². The minimum absolute atomic E-state index is 0.758. The molecule has 1 aliphatic rings. The van der Waals surface area contributed by atoms with E-state index in [1.54, 1.807) is 0 Å². The standard InChI is InChI=1S/C11H24N2O/c1-4-13(8-7-12(2)3)11-5-9-14-10-6-11/h11H,4-10H2,1-3H3. The lowest BCUT2D eigenvalue weighted by Gasteiger charge is -2.34. The first kappa shape index (κ1) is 12.0. The molecule has 0 radical (unpaired) electrons. The number of ether oxygens (including phenoxy) is 1. The van der Waals surface area contributed by atoms with Gasteiger partial charge in [-0.05, 0) is 33.5 Å². The Labute approximate surface area is 88.0 Å². The topological polar surface area (TPSA) is 15.7 Å². The number of hydrogen-bond donors (Lipinski definition) is 0. The number of nitrogens with zero attached hydrogens (tertiary/aromatic N) is 2. The van der Waals surface area contributed by atoms with Crippen molar-refractivity contribution >= 4 is 0 Å². The summed E-state index contributed by atoms with van der Waals surface area (Å²) >= 11 is 0. The molecule has 0 aliphatic carbocycles. The van der Waals surface area contributed by atoms with Crippen molar-refractivity contribution in [1.29, 1.82) is 0 Å². The van der Waals surface area contributed by atoms with Gasteiger partial charge in [-0.3, -0.25) is 4.90 Å². The van der Waals surface area contributed by atoms with Gasteiger partial charge in [-0.2, -0.15) is 0 Å². The lowest BCUT2D eigenvalue weighted by Crippen LogP contribution is -2.42. The minimum Gasteiger partial charge on any atom is -0.381 e. The predicted molar refractivity (Wildman–Crippen MR) is 59.6 cm³/mol. The molecule has 1 fully saturated rings. The summed E-state index contributed by atoms with van der Waals surface area (Å²) in [6, 6.07) is 0.758. The molecule has 1 saturated heterocycles. The molecule has 1 heterocycles. The maximum atomic E-state index is 5.38. The molecule has 3 heteroatoms. The first-order valence-electron chi connectivity index (χ1n) is 5.70. The summed E-state index contributed by atoms with van der Waals surface area (Å²) in [5.41, 5.74) is 0. The van der Waals surface area contributed by atoms with Crippen molar-refractivity contribution in [3.63, 3.8) is 0 Å². The number of hydrogen-bond acceptors (Lipinski definition) is 3. The average Bonchev–Trinajstić information content (AvgIpc) is 2.20. The fourth-order valence-corrected chi connectivity index (χ4v) is 1.98. The van der Waals surface area contributed by atoms with E-state index in [1.165, 1.54) is 25.9 Å². The van der Waals surface area contributed by atoms with Crippen LogP contribution in [0.3, 0.4) is 0 Å². The lowest BCUT2D eigenvalue weighted by molar-refractivity contribution is 0.0340. The second-order valence-corrected chi connectivity index (χ2v) is 4.28. The zero-order chi connectivity index (χ0) is 10.4. The monoisotopic (exact) mass is 200 g/mol. The van der Waals surface area contributed by atoms with Crippen molar-refractivity contribution in [2.45, 2.75) is 25.8 Å². The molecule has 0 amide bonds. The Morgan fingerprint density at radius 2 is 1.79 bits per heavy atom. The molecule has 0 bridgehead atoms. The van der Waals surface area contributed by atoms with Crippen LogP contribution >= 0.6 is 0 Å². The van der Waals surface area contributed by atoms with Gasteiger partial charge in [0.05, 0.1) is 0 Å². The fourth-order valence-electron chi connectivity index (χ4n) is 1.98. The van der Waals surface area contributed by atoms with E-state index < -0.39 is 0 Å². The molecule has 0 aromatic rings. The van der Waals surface area contributed by atoms with Crippen LogP contribution < -0.4 is 0 Å². The Morgan fingerprint density at radius 3 is 2.29 bits per heavy atom. The third-order valence-electron chi connectivity index (χ3n) is 2.95. The van der Waals surface area contributed by atoms with Gasteiger partial charge in [0.1, 0.15) is 0 Å². The van der Waals surface area contributed by atoms with Crippen LogP contribution in [0, 0.1) is 0 Å². The van der Waals surface area contributed by atoms with E-state index in [2.05, 4.69) is 30.8 Å². The van der Waals surface area contributed by atoms with E-state index in [-0.39, 0.29) is 0 Å². The summed E-state index contributed by atoms with van der Waals surface area (Å²) in [4.78, 5) is 4.84. The van der Waals surface area contributed by atoms with Crippen molar-refractivity contribution < 1.29 is 4.74 Å². The second kappa shape index (κ2) is 6.38. The molecule has 0 atom stereocenters. The smallest absolute Gasteiger partial charge is 0.0480 e. The van der Waals surface area contributed by atoms with E-state index in [4.69, 9.17) is 4.74 Å². The highest BCUT2D eigenvalue weighted by atomic mass is 16.5. The highest BCUT2D eigenvalue weighted by molar-refractivity contribution is 4.74. The van der Waals surface area contributed by atoms with Gasteiger partial charge in [0.15, 0.2) is 0 Å². The van der Waals surface area contributed by atoms with Gasteiger partial charge in [-0.15, -0.1) is 0 Å². The van der Waals surface area contributed by atoms with Crippen LogP contribution in [0.1, 0.15) is 19.8 Å². The average molecular weight is 200 g/mol. The summed E-state index contributed by atoms with van der Waals surface area (Å²) in [5, 5.41) is 0. The molecular weight excluding hydrogens is 176 g/mol. The summed E-state index contributed by atoms with van der Waals surface area (Å²) < 4.78 is 5.38. The first-order chi connectivity index (χ1) is 6.74. The van der Waals surface area contributed by atoms with Gasteiger partial charge >= 0.3 is 0 Å². The maximum absolute atomic E-state index is 5.38. The van der Waals surface area contributed by atoms with Crippen LogP contribution in [0.25, 0.3) is 0 Å². The molecular formula is C11H24N2O. The highest BCUT2D eigenvalue weighted by Crippen LogP contribution is 2.13. The molecule has 0 aromatic heterocycles. The third kappa shape index (κ3) is 3.95. The Balaban J connectivity index is 2.28. The number of rotatable bonds is 5. The zero-order valence-electron chi connectivity index (χ0n) is 9.83. The molecule has 1 rings (SSSR count). The van der Waals surface area contributed by atoms with Crippen molar-refractivity contribution in [1.82, 2.24) is 9.80 Å². The number of likely N-dealkylation sites (N-methyl/N-ethyl adjacent to an activating group) is 2. The zero-order valence-corrected chi connectivity index (χ0v) is 9.83. The molecule has 0 saturated carbocycles. The molecule has 0 aromatic carbocycles. The van der Waals surface area contributed by atoms with Gasteiger partial charge in [-0.1, -0.05) is 6.92 Å². The largest absolute Gasteiger partial charge is 0.381 e. The maximum Gasteiger partial charge on any atom is 0.0480 e. The Hall–Kier alpha value is -0.120. The van der Waals surface area contributed by atoms with E-state index in [1.807, 2.05) is 0 Å². The Bertz CT molecular complexity index is 144. The van der Waals surface area contributed by atoms with Crippen LogP contribution in [0.15, 0.2) is 0 Å². The SMILES string of the molecule is CCN(CCN(C)C)C1CCOCC1. The third-order valence-corrected chi connectivity index (χ3v) is 2.95. The van der Waals surface area contributed by atoms with Crippen molar-refractivity contribution in [3.05, 3.63) is 0 Å². The summed E-state index contributed by atoms with van der Waals surface area (Å²) in [7, 11) is 4.27. The summed E-state index contributed by atoms with van der Waals surface area (Å²) in [6.07, 6.45) is 2.42. The first-order valence-corrected chi connectivity index (χ1v) is 5.70.